The van der Waals surface area contributed by atoms with Crippen molar-refractivity contribution in [2.45, 2.75) is 51.4 Å². The van der Waals surface area contributed by atoms with Crippen molar-refractivity contribution < 1.29 is 74.0 Å². The Labute approximate surface area is 231 Å². The molecule has 1 aromatic rings. The molecule has 1 aromatic heterocycles. The highest BCUT2D eigenvalue weighted by Crippen LogP contribution is 2.23. The van der Waals surface area contributed by atoms with E-state index in [1.54, 1.807) is 0 Å². The number of piperazine rings is 1. The fourth-order valence-corrected chi connectivity index (χ4v) is 3.09. The molecule has 4 N–H and O–H groups in total. The molecule has 242 valence electrons. The summed E-state index contributed by atoms with van der Waals surface area (Å²) < 4.78 is 95.2. The Bertz CT molecular complexity index is 1010. The van der Waals surface area contributed by atoms with E-state index in [0.717, 1.165) is 56.9 Å². The molecule has 0 bridgehead atoms. The van der Waals surface area contributed by atoms with Crippen LogP contribution in [0.15, 0.2) is 0 Å². The summed E-state index contributed by atoms with van der Waals surface area (Å²) >= 11 is 0. The van der Waals surface area contributed by atoms with Crippen LogP contribution >= 0.6 is 0 Å². The Morgan fingerprint density at radius 1 is 0.762 bits per heavy atom. The molecule has 42 heavy (non-hydrogen) atoms. The molecule has 12 nitrogen and oxygen atoms in total. The molecule has 0 unspecified atom stereocenters. The van der Waals surface area contributed by atoms with Crippen LogP contribution in [-0.2, 0) is 27.3 Å². The van der Waals surface area contributed by atoms with Crippen LogP contribution in [0.3, 0.4) is 0 Å². The van der Waals surface area contributed by atoms with Crippen molar-refractivity contribution in [1.82, 2.24) is 24.9 Å². The third-order valence-corrected chi connectivity index (χ3v) is 5.41. The van der Waals surface area contributed by atoms with E-state index in [9.17, 15) is 44.3 Å². The summed E-state index contributed by atoms with van der Waals surface area (Å²) in [6, 6.07) is 0.500. The van der Waals surface area contributed by atoms with Crippen molar-refractivity contribution >= 4 is 23.8 Å². The van der Waals surface area contributed by atoms with Gasteiger partial charge < -0.3 is 25.1 Å². The van der Waals surface area contributed by atoms with Gasteiger partial charge in [-0.05, 0) is 20.9 Å². The van der Waals surface area contributed by atoms with Gasteiger partial charge in [-0.15, -0.1) is 0 Å². The lowest BCUT2D eigenvalue weighted by molar-refractivity contribution is -0.193. The van der Waals surface area contributed by atoms with Crippen molar-refractivity contribution in [1.29, 1.82) is 0 Å². The van der Waals surface area contributed by atoms with Crippen LogP contribution in [0.2, 0.25) is 0 Å². The number of aromatic nitrogens is 2. The lowest BCUT2D eigenvalue weighted by Gasteiger charge is -2.33. The first kappa shape index (κ1) is 38.4. The summed E-state index contributed by atoms with van der Waals surface area (Å²) in [5.41, 5.74) is 2.89. The van der Waals surface area contributed by atoms with Crippen LogP contribution < -0.4 is 0 Å². The zero-order chi connectivity index (χ0) is 33.2. The molecule has 1 saturated heterocycles. The van der Waals surface area contributed by atoms with Crippen molar-refractivity contribution in [3.8, 4) is 0 Å². The number of carbonyl (C=O) groups is 4. The van der Waals surface area contributed by atoms with Crippen LogP contribution in [0.25, 0.3) is 0 Å². The molecular weight excluding hydrogens is 605 g/mol. The number of nitrogens with one attached hydrogen (secondary N) is 1. The van der Waals surface area contributed by atoms with Gasteiger partial charge in [0.2, 0.25) is 0 Å². The molecule has 2 aliphatic heterocycles. The summed E-state index contributed by atoms with van der Waals surface area (Å²) in [6.07, 6.45) is -14.3. The number of halogens is 9. The van der Waals surface area contributed by atoms with Gasteiger partial charge in [0.15, 0.2) is 5.69 Å². The predicted molar refractivity (Wildman–Crippen MR) is 122 cm³/mol. The van der Waals surface area contributed by atoms with E-state index in [1.165, 1.54) is 0 Å². The molecule has 0 aliphatic carbocycles. The maximum Gasteiger partial charge on any atom is 0.490 e. The van der Waals surface area contributed by atoms with Gasteiger partial charge >= 0.3 is 36.4 Å². The number of rotatable bonds is 2. The highest BCUT2D eigenvalue weighted by Gasteiger charge is 2.39. The Morgan fingerprint density at radius 3 is 1.48 bits per heavy atom. The molecule has 1 amide bonds. The summed E-state index contributed by atoms with van der Waals surface area (Å²) in [6.45, 7) is 9.75. The number of H-pyrrole nitrogens is 1. The number of likely N-dealkylation sites (N-methyl/N-ethyl adjacent to an activating group) is 1. The van der Waals surface area contributed by atoms with Gasteiger partial charge in [0.1, 0.15) is 0 Å². The number of amides is 1. The zero-order valence-corrected chi connectivity index (χ0v) is 22.2. The quantitative estimate of drug-likeness (QED) is 0.356. The van der Waals surface area contributed by atoms with Crippen LogP contribution in [0, 0.1) is 0 Å². The number of hydrogen-bond acceptors (Lipinski definition) is 7. The summed E-state index contributed by atoms with van der Waals surface area (Å²) in [5.74, 6) is -8.18. The number of fused-ring (bicyclic) bond motifs is 1. The number of hydrogen-bond donors (Lipinski definition) is 4. The second kappa shape index (κ2) is 15.6. The molecule has 1 fully saturated rings. The average molecular weight is 633 g/mol. The van der Waals surface area contributed by atoms with Crippen molar-refractivity contribution in [2.24, 2.45) is 0 Å². The monoisotopic (exact) mass is 633 g/mol. The van der Waals surface area contributed by atoms with Gasteiger partial charge in [0, 0.05) is 63.0 Å². The summed E-state index contributed by atoms with van der Waals surface area (Å²) in [7, 11) is 2.10. The number of carbonyl (C=O) groups excluding carboxylic acids is 1. The molecule has 0 spiro atoms. The molecule has 3 heterocycles. The van der Waals surface area contributed by atoms with Gasteiger partial charge in [-0.1, -0.05) is 0 Å². The largest absolute Gasteiger partial charge is 0.490 e. The molecule has 0 saturated carbocycles. The first-order chi connectivity index (χ1) is 18.9. The lowest BCUT2D eigenvalue weighted by Crippen LogP contribution is -2.47. The predicted octanol–water partition coefficient (Wildman–Crippen LogP) is 2.46. The minimum atomic E-state index is -5.08. The number of nitrogens with zero attached hydrogens (tertiary/aromatic N) is 4. The first-order valence-electron chi connectivity index (χ1n) is 11.6. The minimum Gasteiger partial charge on any atom is -0.475 e. The van der Waals surface area contributed by atoms with E-state index >= 15 is 0 Å². The van der Waals surface area contributed by atoms with E-state index in [4.69, 9.17) is 29.7 Å². The Kier molecular flexibility index (Phi) is 14.2. The van der Waals surface area contributed by atoms with Gasteiger partial charge in [-0.25, -0.2) is 14.4 Å². The topological polar surface area (TPSA) is 167 Å². The molecular formula is C21H28F9N5O7. The van der Waals surface area contributed by atoms with Crippen LogP contribution in [0.1, 0.15) is 35.6 Å². The normalized spacial score (nSPS) is 16.1. The maximum absolute atomic E-state index is 12.7. The molecule has 21 heteroatoms. The van der Waals surface area contributed by atoms with Crippen LogP contribution in [0.5, 0.6) is 0 Å². The van der Waals surface area contributed by atoms with E-state index in [-0.39, 0.29) is 5.91 Å². The maximum atomic E-state index is 12.7. The van der Waals surface area contributed by atoms with Crippen molar-refractivity contribution in [3.05, 3.63) is 17.0 Å². The highest BCUT2D eigenvalue weighted by molar-refractivity contribution is 5.94. The Morgan fingerprint density at radius 2 is 1.14 bits per heavy atom. The van der Waals surface area contributed by atoms with Gasteiger partial charge in [0.05, 0.1) is 0 Å². The van der Waals surface area contributed by atoms with Gasteiger partial charge in [0.25, 0.3) is 5.91 Å². The third-order valence-electron chi connectivity index (χ3n) is 5.41. The fraction of sp³-hybridized carbons (Fsp3) is 0.667. The third kappa shape index (κ3) is 13.4. The average Bonchev–Trinajstić information content (AvgIpc) is 3.26. The minimum absolute atomic E-state index is 0.0891. The Hall–Kier alpha value is -3.62. The SMILES string of the molecule is CC(C)N1CCc2[nH]nc(C(=O)N3CCN(C)CC3)c2C1.O=C(O)C(F)(F)F.O=C(O)C(F)(F)F.O=C(O)C(F)(F)F. The van der Waals surface area contributed by atoms with Crippen molar-refractivity contribution in [3.63, 3.8) is 0 Å². The van der Waals surface area contributed by atoms with E-state index in [0.29, 0.717) is 11.7 Å². The zero-order valence-electron chi connectivity index (χ0n) is 22.2. The molecule has 0 radical (unpaired) electrons. The number of aliphatic carboxylic acids is 3. The molecule has 0 aromatic carbocycles. The van der Waals surface area contributed by atoms with E-state index in [2.05, 4.69) is 40.9 Å². The van der Waals surface area contributed by atoms with E-state index < -0.39 is 36.4 Å². The summed E-state index contributed by atoms with van der Waals surface area (Å²) in [5, 5.41) is 28.8. The first-order valence-corrected chi connectivity index (χ1v) is 11.6. The van der Waals surface area contributed by atoms with Crippen molar-refractivity contribution in [2.75, 3.05) is 39.8 Å². The molecule has 2 aliphatic rings. The standard InChI is InChI=1S/C15H25N5O.3C2HF3O2/c1-11(2)20-5-4-13-12(10-20)14(17-16-13)15(21)19-8-6-18(3)7-9-19;3*3-2(4,5)1(6)7/h11H,4-10H2,1-3H3,(H,16,17);3*(H,6,7). The second-order valence-corrected chi connectivity index (χ2v) is 8.85. The summed E-state index contributed by atoms with van der Waals surface area (Å²) in [4.78, 5) is 46.0. The van der Waals surface area contributed by atoms with Gasteiger partial charge in [-0.3, -0.25) is 14.8 Å². The smallest absolute Gasteiger partial charge is 0.475 e. The number of carboxylic acid groups (broad SMARTS) is 3. The number of carboxylic acids is 3. The second-order valence-electron chi connectivity index (χ2n) is 8.85. The molecule has 0 atom stereocenters. The fourth-order valence-electron chi connectivity index (χ4n) is 3.09. The molecule has 3 rings (SSSR count). The van der Waals surface area contributed by atoms with Gasteiger partial charge in [-0.2, -0.15) is 44.6 Å². The van der Waals surface area contributed by atoms with Crippen LogP contribution in [-0.4, -0.2) is 128 Å². The highest BCUT2D eigenvalue weighted by atomic mass is 19.4. The number of aromatic amines is 1. The lowest BCUT2D eigenvalue weighted by atomic mass is 10.0. The van der Waals surface area contributed by atoms with Crippen LogP contribution in [0.4, 0.5) is 39.5 Å². The van der Waals surface area contributed by atoms with E-state index in [1.807, 2.05) is 4.90 Å². The Balaban J connectivity index is 0.000000660. The number of alkyl halides is 9.